The maximum absolute atomic E-state index is 12.7. The Bertz CT molecular complexity index is 1110. The van der Waals surface area contributed by atoms with E-state index < -0.39 is 13.9 Å². The van der Waals surface area contributed by atoms with Crippen LogP contribution in [0.5, 0.6) is 0 Å². The van der Waals surface area contributed by atoms with Gasteiger partial charge in [-0.05, 0) is 77.0 Å². The lowest BCUT2D eigenvalue weighted by Gasteiger charge is -2.24. The largest absolute Gasteiger partial charge is 0.472 e. The molecule has 0 aliphatic rings. The number of hydrogen-bond acceptors (Lipinski definition) is 6. The van der Waals surface area contributed by atoms with Gasteiger partial charge >= 0.3 is 13.8 Å². The Morgan fingerprint density at radius 2 is 1.00 bits per heavy atom. The number of phosphoric ester groups is 1. The van der Waals surface area contributed by atoms with Crippen LogP contribution < -0.4 is 0 Å². The Kier molecular flexibility index (Phi) is 40.6. The number of esters is 1. The first-order valence-corrected chi connectivity index (χ1v) is 25.0. The molecule has 0 heterocycles. The van der Waals surface area contributed by atoms with Crippen molar-refractivity contribution in [3.05, 3.63) is 60.8 Å². The minimum atomic E-state index is -4.29. The molecule has 2 atom stereocenters. The van der Waals surface area contributed by atoms with Crippen molar-refractivity contribution in [3.8, 4) is 0 Å². The summed E-state index contributed by atoms with van der Waals surface area (Å²) in [5.41, 5.74) is 0. The molecule has 0 aromatic rings. The van der Waals surface area contributed by atoms with Gasteiger partial charge in [-0.3, -0.25) is 13.8 Å². The number of hydrogen-bond donors (Lipinski definition) is 1. The Labute approximate surface area is 358 Å². The molecule has 0 radical (unpaired) electrons. The molecular formula is C49H91NO7P+. The average molecular weight is 837 g/mol. The van der Waals surface area contributed by atoms with Crippen molar-refractivity contribution in [1.29, 1.82) is 0 Å². The van der Waals surface area contributed by atoms with Crippen molar-refractivity contribution < 1.29 is 37.3 Å². The number of likely N-dealkylation sites (N-methyl/N-ethyl adjacent to an activating group) is 1. The van der Waals surface area contributed by atoms with Crippen molar-refractivity contribution in [2.75, 3.05) is 54.1 Å². The predicted molar refractivity (Wildman–Crippen MR) is 247 cm³/mol. The highest BCUT2D eigenvalue weighted by Crippen LogP contribution is 2.43. The number of unbranched alkanes of at least 4 members (excludes halogenated alkanes) is 19. The first-order chi connectivity index (χ1) is 28.1. The lowest BCUT2D eigenvalue weighted by atomic mass is 10.1. The van der Waals surface area contributed by atoms with Crippen LogP contribution in [0.1, 0.15) is 187 Å². The van der Waals surface area contributed by atoms with Gasteiger partial charge in [0.2, 0.25) is 0 Å². The second-order valence-corrected chi connectivity index (χ2v) is 18.2. The predicted octanol–water partition coefficient (Wildman–Crippen LogP) is 14.1. The first-order valence-electron chi connectivity index (χ1n) is 23.5. The number of allylic oxidation sites excluding steroid dienone is 10. The van der Waals surface area contributed by atoms with Gasteiger partial charge in [-0.25, -0.2) is 4.57 Å². The second kappa shape index (κ2) is 41.9. The third-order valence-electron chi connectivity index (χ3n) is 9.81. The average Bonchev–Trinajstić information content (AvgIpc) is 3.18. The maximum Gasteiger partial charge on any atom is 0.472 e. The van der Waals surface area contributed by atoms with Crippen molar-refractivity contribution in [3.63, 3.8) is 0 Å². The fourth-order valence-corrected chi connectivity index (χ4v) is 6.93. The highest BCUT2D eigenvalue weighted by atomic mass is 31.2. The summed E-state index contributed by atoms with van der Waals surface area (Å²) in [6, 6.07) is 0. The molecule has 9 heteroatoms. The number of carbonyl (C=O) groups is 1. The number of phosphoric acid groups is 1. The zero-order valence-corrected chi connectivity index (χ0v) is 39.2. The van der Waals surface area contributed by atoms with Crippen LogP contribution in [0.3, 0.4) is 0 Å². The molecule has 0 aromatic carbocycles. The Morgan fingerprint density at radius 1 is 0.552 bits per heavy atom. The second-order valence-electron chi connectivity index (χ2n) is 16.8. The van der Waals surface area contributed by atoms with Gasteiger partial charge in [0, 0.05) is 13.0 Å². The normalized spacial score (nSPS) is 14.2. The first kappa shape index (κ1) is 56.2. The molecular weight excluding hydrogens is 746 g/mol. The molecule has 2 unspecified atom stereocenters. The van der Waals surface area contributed by atoms with Gasteiger partial charge in [0.25, 0.3) is 0 Å². The molecule has 0 aliphatic carbocycles. The van der Waals surface area contributed by atoms with Crippen molar-refractivity contribution >= 4 is 13.8 Å². The summed E-state index contributed by atoms with van der Waals surface area (Å²) in [4.78, 5) is 22.9. The van der Waals surface area contributed by atoms with Crippen LogP contribution in [-0.4, -0.2) is 75.6 Å². The van der Waals surface area contributed by atoms with Crippen LogP contribution in [-0.2, 0) is 27.9 Å². The Hall–Kier alpha value is -1.80. The molecule has 0 bridgehead atoms. The van der Waals surface area contributed by atoms with Crippen LogP contribution in [0, 0.1) is 0 Å². The van der Waals surface area contributed by atoms with Gasteiger partial charge in [0.15, 0.2) is 0 Å². The summed E-state index contributed by atoms with van der Waals surface area (Å²) in [5.74, 6) is -0.331. The van der Waals surface area contributed by atoms with Crippen LogP contribution in [0.25, 0.3) is 0 Å². The molecule has 338 valence electrons. The standard InChI is InChI=1S/C49H90NO7P/c1-6-8-10-12-14-16-18-20-22-24-25-26-28-30-32-34-36-38-40-42-49(51)57-48(47-56-58(52,53)55-45-43-50(3,4)5)46-54-44-41-39-37-35-33-31-29-27-23-21-19-17-15-13-11-9-7-2/h8,10,14,16,20,22-23,25-27,48H,6-7,9,11-13,15,17-19,21,24,28-47H2,1-5H3/p+1/b10-8-,16-14-,22-20-,26-25-,27-23-. The summed E-state index contributed by atoms with van der Waals surface area (Å²) >= 11 is 0. The molecule has 0 spiro atoms. The van der Waals surface area contributed by atoms with Gasteiger partial charge in [-0.15, -0.1) is 0 Å². The van der Waals surface area contributed by atoms with Gasteiger partial charge in [0.1, 0.15) is 19.3 Å². The monoisotopic (exact) mass is 837 g/mol. The van der Waals surface area contributed by atoms with Gasteiger partial charge in [-0.2, -0.15) is 0 Å². The smallest absolute Gasteiger partial charge is 0.457 e. The molecule has 1 N–H and O–H groups in total. The Balaban J connectivity index is 4.25. The van der Waals surface area contributed by atoms with Crippen LogP contribution in [0.2, 0.25) is 0 Å². The SMILES string of the molecule is CC/C=C\C/C=C\C/C=C\C/C=C\CCCCCCCCC(=O)OC(COCCCCCCCC/C=C\CCCCCCCCC)COP(=O)(O)OCC[N+](C)(C)C. The molecule has 8 nitrogen and oxygen atoms in total. The number of quaternary nitrogens is 1. The third kappa shape index (κ3) is 45.3. The molecule has 58 heavy (non-hydrogen) atoms. The zero-order valence-electron chi connectivity index (χ0n) is 38.3. The van der Waals surface area contributed by atoms with E-state index in [1.54, 1.807) is 0 Å². The van der Waals surface area contributed by atoms with E-state index in [0.29, 0.717) is 24.1 Å². The molecule has 0 amide bonds. The highest BCUT2D eigenvalue weighted by Gasteiger charge is 2.26. The lowest BCUT2D eigenvalue weighted by molar-refractivity contribution is -0.870. The summed E-state index contributed by atoms with van der Waals surface area (Å²) in [6.45, 7) is 5.47. The fourth-order valence-electron chi connectivity index (χ4n) is 6.19. The summed E-state index contributed by atoms with van der Waals surface area (Å²) in [7, 11) is 1.65. The van der Waals surface area contributed by atoms with Gasteiger partial charge < -0.3 is 18.9 Å². The zero-order chi connectivity index (χ0) is 42.7. The fraction of sp³-hybridized carbons (Fsp3) is 0.776. The van der Waals surface area contributed by atoms with Gasteiger partial charge in [0.05, 0.1) is 34.4 Å². The number of rotatable bonds is 43. The highest BCUT2D eigenvalue weighted by molar-refractivity contribution is 7.47. The summed E-state index contributed by atoms with van der Waals surface area (Å²) < 4.78 is 35.0. The van der Waals surface area contributed by atoms with Crippen LogP contribution in [0.15, 0.2) is 60.8 Å². The molecule has 0 rings (SSSR count). The third-order valence-corrected chi connectivity index (χ3v) is 10.8. The number of carbonyl (C=O) groups excluding carboxylic acids is 1. The van der Waals surface area contributed by atoms with E-state index in [-0.39, 0.29) is 25.8 Å². The van der Waals surface area contributed by atoms with E-state index in [0.717, 1.165) is 70.6 Å². The number of ether oxygens (including phenoxy) is 2. The lowest BCUT2D eigenvalue weighted by Crippen LogP contribution is -2.37. The van der Waals surface area contributed by atoms with E-state index in [2.05, 4.69) is 74.6 Å². The van der Waals surface area contributed by atoms with Crippen LogP contribution >= 0.6 is 7.82 Å². The van der Waals surface area contributed by atoms with E-state index in [4.69, 9.17) is 18.5 Å². The molecule has 0 saturated heterocycles. The molecule has 0 fully saturated rings. The van der Waals surface area contributed by atoms with E-state index in [1.807, 2.05) is 21.1 Å². The minimum absolute atomic E-state index is 0.0820. The van der Waals surface area contributed by atoms with E-state index >= 15 is 0 Å². The topological polar surface area (TPSA) is 91.3 Å². The minimum Gasteiger partial charge on any atom is -0.457 e. The summed E-state index contributed by atoms with van der Waals surface area (Å²) in [6.07, 6.45) is 52.5. The van der Waals surface area contributed by atoms with E-state index in [9.17, 15) is 14.3 Å². The number of nitrogens with zero attached hydrogens (tertiary/aromatic N) is 1. The quantitative estimate of drug-likeness (QED) is 0.0215. The molecule has 0 saturated carbocycles. The molecule has 0 aromatic heterocycles. The van der Waals surface area contributed by atoms with Gasteiger partial charge in [-0.1, -0.05) is 164 Å². The maximum atomic E-state index is 12.7. The Morgan fingerprint density at radius 3 is 1.52 bits per heavy atom. The van der Waals surface area contributed by atoms with Crippen LogP contribution in [0.4, 0.5) is 0 Å². The van der Waals surface area contributed by atoms with Crippen molar-refractivity contribution in [1.82, 2.24) is 0 Å². The molecule has 0 aliphatic heterocycles. The van der Waals surface area contributed by atoms with Crippen molar-refractivity contribution in [2.24, 2.45) is 0 Å². The summed E-state index contributed by atoms with van der Waals surface area (Å²) in [5, 5.41) is 0. The van der Waals surface area contributed by atoms with Crippen molar-refractivity contribution in [2.45, 2.75) is 193 Å². The van der Waals surface area contributed by atoms with E-state index in [1.165, 1.54) is 96.3 Å².